The van der Waals surface area contributed by atoms with Gasteiger partial charge in [-0.2, -0.15) is 0 Å². The summed E-state index contributed by atoms with van der Waals surface area (Å²) in [5.74, 6) is -0.831. The molecule has 1 N–H and O–H groups in total. The first-order valence-electron chi connectivity index (χ1n) is 15.8. The summed E-state index contributed by atoms with van der Waals surface area (Å²) in [6.07, 6.45) is 4.02. The van der Waals surface area contributed by atoms with Gasteiger partial charge >= 0.3 is 0 Å². The summed E-state index contributed by atoms with van der Waals surface area (Å²) in [7, 11) is -4.19. The van der Waals surface area contributed by atoms with Gasteiger partial charge in [0.15, 0.2) is 0 Å². The van der Waals surface area contributed by atoms with E-state index in [1.165, 1.54) is 17.0 Å². The second kappa shape index (κ2) is 15.4. The van der Waals surface area contributed by atoms with Gasteiger partial charge in [-0.3, -0.25) is 13.9 Å². The molecule has 10 heteroatoms. The van der Waals surface area contributed by atoms with Crippen molar-refractivity contribution >= 4 is 50.7 Å². The Kier molecular flexibility index (Phi) is 11.3. The molecule has 1 aliphatic rings. The Morgan fingerprint density at radius 2 is 1.53 bits per heavy atom. The molecule has 0 bridgehead atoms. The number of nitrogens with zero attached hydrogens (tertiary/aromatic N) is 2. The van der Waals surface area contributed by atoms with Crippen LogP contribution in [0.25, 0.3) is 0 Å². The van der Waals surface area contributed by atoms with Crippen molar-refractivity contribution in [2.45, 2.75) is 69.5 Å². The highest BCUT2D eigenvalue weighted by Gasteiger charge is 2.36. The van der Waals surface area contributed by atoms with Crippen molar-refractivity contribution in [2.75, 3.05) is 10.8 Å². The molecule has 1 aliphatic carbocycles. The summed E-state index contributed by atoms with van der Waals surface area (Å²) in [6, 6.07) is 27.0. The van der Waals surface area contributed by atoms with Gasteiger partial charge in [0.1, 0.15) is 12.6 Å². The molecule has 1 saturated carbocycles. The van der Waals surface area contributed by atoms with Gasteiger partial charge in [-0.1, -0.05) is 103 Å². The number of benzene rings is 4. The average Bonchev–Trinajstić information content (AvgIpc) is 3.57. The Balaban J connectivity index is 1.60. The molecule has 1 atom stereocenters. The molecule has 47 heavy (non-hydrogen) atoms. The molecule has 0 unspecified atom stereocenters. The molecule has 0 aromatic heterocycles. The van der Waals surface area contributed by atoms with E-state index in [4.69, 9.17) is 23.2 Å². The number of hydrogen-bond acceptors (Lipinski definition) is 4. The predicted octanol–water partition coefficient (Wildman–Crippen LogP) is 7.50. The summed E-state index contributed by atoms with van der Waals surface area (Å²) in [5.41, 5.74) is 3.45. The van der Waals surface area contributed by atoms with Crippen molar-refractivity contribution in [1.82, 2.24) is 10.2 Å². The molecule has 246 valence electrons. The zero-order chi connectivity index (χ0) is 33.6. The van der Waals surface area contributed by atoms with E-state index in [9.17, 15) is 18.0 Å². The molecule has 0 spiro atoms. The Bertz CT molecular complexity index is 1810. The van der Waals surface area contributed by atoms with Crippen molar-refractivity contribution in [3.8, 4) is 0 Å². The number of sulfonamides is 1. The van der Waals surface area contributed by atoms with Crippen LogP contribution in [0.2, 0.25) is 10.0 Å². The minimum absolute atomic E-state index is 0.0155. The molecule has 0 saturated heterocycles. The van der Waals surface area contributed by atoms with Crippen molar-refractivity contribution in [3.05, 3.63) is 129 Å². The van der Waals surface area contributed by atoms with E-state index in [2.05, 4.69) is 5.32 Å². The molecule has 2 amide bonds. The number of nitrogens with one attached hydrogen (secondary N) is 1. The van der Waals surface area contributed by atoms with Crippen LogP contribution < -0.4 is 9.62 Å². The average molecular weight is 693 g/mol. The van der Waals surface area contributed by atoms with Gasteiger partial charge in [0.25, 0.3) is 10.0 Å². The van der Waals surface area contributed by atoms with Crippen molar-refractivity contribution < 1.29 is 18.0 Å². The lowest BCUT2D eigenvalue weighted by Gasteiger charge is -2.35. The van der Waals surface area contributed by atoms with Crippen LogP contribution >= 0.6 is 23.2 Å². The highest BCUT2D eigenvalue weighted by Crippen LogP contribution is 2.30. The molecule has 7 nitrogen and oxygen atoms in total. The number of carbonyl (C=O) groups is 2. The van der Waals surface area contributed by atoms with E-state index in [0.29, 0.717) is 21.3 Å². The second-order valence-electron chi connectivity index (χ2n) is 12.0. The van der Waals surface area contributed by atoms with Gasteiger partial charge in [0, 0.05) is 29.1 Å². The molecular weight excluding hydrogens is 653 g/mol. The number of rotatable bonds is 12. The normalized spacial score (nSPS) is 14.0. The lowest BCUT2D eigenvalue weighted by molar-refractivity contribution is -0.140. The fraction of sp³-hybridized carbons (Fsp3) is 0.297. The molecule has 5 rings (SSSR count). The van der Waals surface area contributed by atoms with Crippen LogP contribution in [-0.2, 0) is 32.6 Å². The molecule has 4 aromatic carbocycles. The van der Waals surface area contributed by atoms with Crippen LogP contribution in [0.3, 0.4) is 0 Å². The molecule has 0 radical (unpaired) electrons. The Morgan fingerprint density at radius 1 is 0.872 bits per heavy atom. The third-order valence-corrected chi connectivity index (χ3v) is 11.1. The highest BCUT2D eigenvalue weighted by atomic mass is 35.5. The minimum Gasteiger partial charge on any atom is -0.352 e. The van der Waals surface area contributed by atoms with Gasteiger partial charge in [0.05, 0.1) is 10.6 Å². The summed E-state index contributed by atoms with van der Waals surface area (Å²) in [5, 5.41) is 3.96. The maximum absolute atomic E-state index is 14.7. The maximum Gasteiger partial charge on any atom is 0.264 e. The zero-order valence-corrected chi connectivity index (χ0v) is 28.9. The largest absolute Gasteiger partial charge is 0.352 e. The zero-order valence-electron chi connectivity index (χ0n) is 26.5. The Hall–Kier alpha value is -3.85. The maximum atomic E-state index is 14.7. The summed E-state index contributed by atoms with van der Waals surface area (Å²) >= 11 is 12.8. The molecule has 0 aliphatic heterocycles. The topological polar surface area (TPSA) is 86.8 Å². The molecule has 0 heterocycles. The van der Waals surface area contributed by atoms with Crippen LogP contribution in [0.1, 0.15) is 47.9 Å². The van der Waals surface area contributed by atoms with Gasteiger partial charge in [0.2, 0.25) is 11.8 Å². The number of hydrogen-bond donors (Lipinski definition) is 1. The van der Waals surface area contributed by atoms with Crippen LogP contribution in [0.4, 0.5) is 5.69 Å². The first kappa shape index (κ1) is 34.5. The lowest BCUT2D eigenvalue weighted by Crippen LogP contribution is -2.54. The predicted molar refractivity (Wildman–Crippen MR) is 188 cm³/mol. The molecule has 4 aromatic rings. The smallest absolute Gasteiger partial charge is 0.264 e. The summed E-state index contributed by atoms with van der Waals surface area (Å²) in [4.78, 5) is 30.4. The first-order valence-corrected chi connectivity index (χ1v) is 18.0. The van der Waals surface area contributed by atoms with Crippen molar-refractivity contribution in [3.63, 3.8) is 0 Å². The monoisotopic (exact) mass is 691 g/mol. The van der Waals surface area contributed by atoms with Crippen LogP contribution in [0.15, 0.2) is 102 Å². The first-order chi connectivity index (χ1) is 22.5. The standard InChI is InChI=1S/C37H39Cl2N3O4S/c1-26-12-11-19-34(27(26)2)42(47(45,46)32-17-7-4-8-18-32)25-36(43)41(24-29-20-21-30(38)23-33(29)39)35(22-28-13-5-3-6-14-28)37(44)40-31-15-9-10-16-31/h3-8,11-14,17-21,23,31,35H,9-10,15-16,22,24-25H2,1-2H3,(H,40,44)/t35-/m0/s1. The van der Waals surface area contributed by atoms with Gasteiger partial charge in [-0.25, -0.2) is 8.42 Å². The van der Waals surface area contributed by atoms with E-state index < -0.39 is 28.5 Å². The number of carbonyl (C=O) groups excluding carboxylic acids is 2. The Morgan fingerprint density at radius 3 is 2.19 bits per heavy atom. The van der Waals surface area contributed by atoms with Crippen molar-refractivity contribution in [1.29, 1.82) is 0 Å². The van der Waals surface area contributed by atoms with E-state index >= 15 is 0 Å². The van der Waals surface area contributed by atoms with Crippen LogP contribution in [0.5, 0.6) is 0 Å². The molecule has 1 fully saturated rings. The van der Waals surface area contributed by atoms with Crippen LogP contribution in [-0.4, -0.2) is 43.8 Å². The number of anilines is 1. The van der Waals surface area contributed by atoms with Crippen LogP contribution in [0, 0.1) is 13.8 Å². The Labute approximate surface area is 287 Å². The summed E-state index contributed by atoms with van der Waals surface area (Å²) < 4.78 is 29.7. The third kappa shape index (κ3) is 8.36. The minimum atomic E-state index is -4.19. The third-order valence-electron chi connectivity index (χ3n) is 8.78. The summed E-state index contributed by atoms with van der Waals surface area (Å²) in [6.45, 7) is 3.17. The highest BCUT2D eigenvalue weighted by molar-refractivity contribution is 7.92. The number of aryl methyl sites for hydroxylation is 1. The SMILES string of the molecule is Cc1cccc(N(CC(=O)N(Cc2ccc(Cl)cc2Cl)[C@@H](Cc2ccccc2)C(=O)NC2CCCC2)S(=O)(=O)c2ccccc2)c1C. The van der Waals surface area contributed by atoms with Gasteiger partial charge < -0.3 is 10.2 Å². The number of amides is 2. The van der Waals surface area contributed by atoms with Gasteiger partial charge in [-0.15, -0.1) is 0 Å². The van der Waals surface area contributed by atoms with E-state index in [-0.39, 0.29) is 29.8 Å². The lowest BCUT2D eigenvalue weighted by atomic mass is 10.0. The fourth-order valence-corrected chi connectivity index (χ4v) is 7.95. The van der Waals surface area contributed by atoms with E-state index in [0.717, 1.165) is 46.7 Å². The van der Waals surface area contributed by atoms with Gasteiger partial charge in [-0.05, 0) is 79.3 Å². The number of halogens is 2. The van der Waals surface area contributed by atoms with Crippen molar-refractivity contribution in [2.24, 2.45) is 0 Å². The second-order valence-corrected chi connectivity index (χ2v) is 14.7. The van der Waals surface area contributed by atoms with E-state index in [1.54, 1.807) is 48.5 Å². The van der Waals surface area contributed by atoms with E-state index in [1.807, 2.05) is 50.2 Å². The fourth-order valence-electron chi connectivity index (χ4n) is 5.99. The molecular formula is C37H39Cl2N3O4S. The quantitative estimate of drug-likeness (QED) is 0.167.